The Bertz CT molecular complexity index is 298. The van der Waals surface area contributed by atoms with Gasteiger partial charge in [-0.05, 0) is 13.8 Å². The largest absolute Gasteiger partial charge is 0.341 e. The first kappa shape index (κ1) is 10.5. The maximum Gasteiger partial charge on any atom is 0.318 e. The van der Waals surface area contributed by atoms with Gasteiger partial charge in [-0.3, -0.25) is 14.9 Å². The molecule has 1 aliphatic heterocycles. The lowest BCUT2D eigenvalue weighted by Crippen LogP contribution is -2.66. The molecule has 1 fully saturated rings. The van der Waals surface area contributed by atoms with Gasteiger partial charge in [0.25, 0.3) is 5.91 Å². The van der Waals surface area contributed by atoms with Crippen LogP contribution < -0.4 is 10.6 Å². The summed E-state index contributed by atoms with van der Waals surface area (Å²) in [7, 11) is 1.45. The van der Waals surface area contributed by atoms with Gasteiger partial charge in [0.05, 0.1) is 0 Å². The number of imide groups is 1. The van der Waals surface area contributed by atoms with Crippen LogP contribution in [0.1, 0.15) is 13.8 Å². The van der Waals surface area contributed by atoms with E-state index in [-0.39, 0.29) is 6.54 Å². The Morgan fingerprint density at radius 2 is 2.07 bits per heavy atom. The van der Waals surface area contributed by atoms with E-state index in [4.69, 9.17) is 0 Å². The molecule has 0 aromatic heterocycles. The predicted molar refractivity (Wildman–Crippen MR) is 48.4 cm³/mol. The van der Waals surface area contributed by atoms with E-state index in [0.29, 0.717) is 0 Å². The second-order valence-corrected chi connectivity index (χ2v) is 3.58. The van der Waals surface area contributed by atoms with Crippen molar-refractivity contribution in [1.29, 1.82) is 0 Å². The van der Waals surface area contributed by atoms with Crippen LogP contribution in [0.4, 0.5) is 4.79 Å². The molecule has 0 unspecified atom stereocenters. The molecule has 0 aliphatic carbocycles. The van der Waals surface area contributed by atoms with Crippen LogP contribution in [0, 0.1) is 0 Å². The van der Waals surface area contributed by atoms with Crippen LogP contribution in [0.25, 0.3) is 0 Å². The van der Waals surface area contributed by atoms with Crippen molar-refractivity contribution < 1.29 is 14.4 Å². The van der Waals surface area contributed by atoms with E-state index in [9.17, 15) is 14.4 Å². The number of amides is 4. The highest BCUT2D eigenvalue weighted by atomic mass is 16.2. The predicted octanol–water partition coefficient (Wildman–Crippen LogP) is -0.937. The summed E-state index contributed by atoms with van der Waals surface area (Å²) in [5, 5.41) is 4.57. The van der Waals surface area contributed by atoms with Crippen LogP contribution in [-0.4, -0.2) is 41.9 Å². The standard InChI is InChI=1S/C8H13N3O3/c1-8(2)6(13)10-5(12)4-11(8)7(14)9-3/h4H2,1-3H3,(H,9,14)(H,10,12,13). The molecule has 0 aromatic rings. The second kappa shape index (κ2) is 3.28. The van der Waals surface area contributed by atoms with Crippen molar-refractivity contribution in [2.75, 3.05) is 13.6 Å². The minimum Gasteiger partial charge on any atom is -0.341 e. The van der Waals surface area contributed by atoms with E-state index in [1.54, 1.807) is 13.8 Å². The summed E-state index contributed by atoms with van der Waals surface area (Å²) in [5.74, 6) is -0.921. The van der Waals surface area contributed by atoms with Gasteiger partial charge in [-0.2, -0.15) is 0 Å². The van der Waals surface area contributed by atoms with Crippen LogP contribution in [0.3, 0.4) is 0 Å². The fourth-order valence-corrected chi connectivity index (χ4v) is 1.24. The lowest BCUT2D eigenvalue weighted by Gasteiger charge is -2.39. The molecule has 1 heterocycles. The first-order chi connectivity index (χ1) is 6.39. The highest BCUT2D eigenvalue weighted by Crippen LogP contribution is 2.17. The molecule has 2 N–H and O–H groups in total. The highest BCUT2D eigenvalue weighted by Gasteiger charge is 2.43. The Hall–Kier alpha value is -1.59. The van der Waals surface area contributed by atoms with Crippen LogP contribution in [-0.2, 0) is 9.59 Å². The third kappa shape index (κ3) is 1.55. The second-order valence-electron chi connectivity index (χ2n) is 3.58. The zero-order valence-electron chi connectivity index (χ0n) is 8.38. The lowest BCUT2D eigenvalue weighted by molar-refractivity contribution is -0.142. The van der Waals surface area contributed by atoms with Crippen LogP contribution in [0.5, 0.6) is 0 Å². The van der Waals surface area contributed by atoms with Crippen molar-refractivity contribution in [2.45, 2.75) is 19.4 Å². The zero-order valence-corrected chi connectivity index (χ0v) is 8.38. The Morgan fingerprint density at radius 1 is 1.50 bits per heavy atom. The molecule has 0 spiro atoms. The molecule has 1 rings (SSSR count). The summed E-state index contributed by atoms with van der Waals surface area (Å²) in [6, 6.07) is -0.432. The topological polar surface area (TPSA) is 78.5 Å². The van der Waals surface area contributed by atoms with Crippen molar-refractivity contribution in [3.8, 4) is 0 Å². The van der Waals surface area contributed by atoms with E-state index in [0.717, 1.165) is 0 Å². The van der Waals surface area contributed by atoms with Gasteiger partial charge in [-0.15, -0.1) is 0 Å². The van der Waals surface area contributed by atoms with E-state index < -0.39 is 23.4 Å². The molecular formula is C8H13N3O3. The first-order valence-corrected chi connectivity index (χ1v) is 4.23. The van der Waals surface area contributed by atoms with Gasteiger partial charge in [-0.1, -0.05) is 0 Å². The number of hydrogen-bond acceptors (Lipinski definition) is 3. The Morgan fingerprint density at radius 3 is 2.57 bits per heavy atom. The minimum absolute atomic E-state index is 0.0988. The van der Waals surface area contributed by atoms with Crippen LogP contribution in [0.15, 0.2) is 0 Å². The summed E-state index contributed by atoms with van der Waals surface area (Å²) in [4.78, 5) is 35.0. The molecule has 0 radical (unpaired) electrons. The van der Waals surface area contributed by atoms with Crippen molar-refractivity contribution in [1.82, 2.24) is 15.5 Å². The summed E-state index contributed by atoms with van der Waals surface area (Å²) in [5.41, 5.74) is -0.992. The third-order valence-electron chi connectivity index (χ3n) is 2.24. The quantitative estimate of drug-likeness (QED) is 0.494. The van der Waals surface area contributed by atoms with Gasteiger partial charge in [-0.25, -0.2) is 4.79 Å². The van der Waals surface area contributed by atoms with Crippen LogP contribution in [0.2, 0.25) is 0 Å². The Kier molecular flexibility index (Phi) is 2.46. The average molecular weight is 199 g/mol. The van der Waals surface area contributed by atoms with Crippen molar-refractivity contribution in [3.63, 3.8) is 0 Å². The molecule has 0 bridgehead atoms. The molecule has 0 atom stereocenters. The van der Waals surface area contributed by atoms with Gasteiger partial charge in [0.2, 0.25) is 5.91 Å². The molecule has 1 saturated heterocycles. The number of hydrogen-bond donors (Lipinski definition) is 2. The molecule has 0 saturated carbocycles. The fraction of sp³-hybridized carbons (Fsp3) is 0.625. The molecule has 4 amide bonds. The monoisotopic (exact) mass is 199 g/mol. The van der Waals surface area contributed by atoms with E-state index in [1.165, 1.54) is 11.9 Å². The van der Waals surface area contributed by atoms with E-state index >= 15 is 0 Å². The smallest absolute Gasteiger partial charge is 0.318 e. The van der Waals surface area contributed by atoms with E-state index in [1.807, 2.05) is 0 Å². The summed E-state index contributed by atoms with van der Waals surface area (Å²) >= 11 is 0. The number of nitrogens with zero attached hydrogens (tertiary/aromatic N) is 1. The van der Waals surface area contributed by atoms with Crippen molar-refractivity contribution >= 4 is 17.8 Å². The molecule has 78 valence electrons. The number of piperazine rings is 1. The first-order valence-electron chi connectivity index (χ1n) is 4.23. The van der Waals surface area contributed by atoms with E-state index in [2.05, 4.69) is 10.6 Å². The summed E-state index contributed by atoms with van der Waals surface area (Å²) < 4.78 is 0. The SMILES string of the molecule is CNC(=O)N1CC(=O)NC(=O)C1(C)C. The number of nitrogens with one attached hydrogen (secondary N) is 2. The zero-order chi connectivity index (χ0) is 10.9. The normalized spacial score (nSPS) is 20.4. The average Bonchev–Trinajstić information content (AvgIpc) is 2.10. The molecule has 0 aromatic carbocycles. The van der Waals surface area contributed by atoms with Gasteiger partial charge < -0.3 is 10.2 Å². The van der Waals surface area contributed by atoms with Crippen molar-refractivity contribution in [2.24, 2.45) is 0 Å². The Balaban J connectivity index is 2.96. The van der Waals surface area contributed by atoms with Gasteiger partial charge in [0.15, 0.2) is 0 Å². The van der Waals surface area contributed by atoms with Crippen molar-refractivity contribution in [3.05, 3.63) is 0 Å². The maximum atomic E-state index is 11.4. The molecular weight excluding hydrogens is 186 g/mol. The number of carbonyl (C=O) groups excluding carboxylic acids is 3. The van der Waals surface area contributed by atoms with Gasteiger partial charge >= 0.3 is 6.03 Å². The summed E-state index contributed by atoms with van der Waals surface area (Å²) in [6.07, 6.45) is 0. The highest BCUT2D eigenvalue weighted by molar-refractivity contribution is 6.05. The fourth-order valence-electron chi connectivity index (χ4n) is 1.24. The maximum absolute atomic E-state index is 11.4. The molecule has 1 aliphatic rings. The lowest BCUT2D eigenvalue weighted by atomic mass is 9.99. The Labute approximate surface area is 81.6 Å². The molecule has 6 heteroatoms. The number of carbonyl (C=O) groups is 3. The van der Waals surface area contributed by atoms with Crippen LogP contribution >= 0.6 is 0 Å². The third-order valence-corrected chi connectivity index (χ3v) is 2.24. The molecule has 6 nitrogen and oxygen atoms in total. The number of urea groups is 1. The summed E-state index contributed by atoms with van der Waals surface area (Å²) in [6.45, 7) is 3.08. The van der Waals surface area contributed by atoms with Gasteiger partial charge in [0.1, 0.15) is 12.1 Å². The van der Waals surface area contributed by atoms with Gasteiger partial charge in [0, 0.05) is 7.05 Å². The number of rotatable bonds is 0. The molecule has 14 heavy (non-hydrogen) atoms. The minimum atomic E-state index is -0.992.